The predicted molar refractivity (Wildman–Crippen MR) is 132 cm³/mol. The highest BCUT2D eigenvalue weighted by Gasteiger charge is 2.28. The van der Waals surface area contributed by atoms with Crippen LogP contribution in [0.15, 0.2) is 46.7 Å². The molecule has 4 rings (SSSR count). The Morgan fingerprint density at radius 1 is 1.00 bits per heavy atom. The van der Waals surface area contributed by atoms with Crippen LogP contribution in [0.25, 0.3) is 11.3 Å². The number of likely N-dealkylation sites (N-methyl/N-ethyl adjacent to an activating group) is 1. The number of rotatable bonds is 5. The summed E-state index contributed by atoms with van der Waals surface area (Å²) < 4.78 is 27.5. The van der Waals surface area contributed by atoms with Crippen LogP contribution in [0.5, 0.6) is 0 Å². The molecule has 0 bridgehead atoms. The molecule has 1 N–H and O–H groups in total. The molecule has 0 spiro atoms. The second-order valence-corrected chi connectivity index (χ2v) is 11.3. The molecule has 1 aromatic heterocycles. The van der Waals surface area contributed by atoms with E-state index in [2.05, 4.69) is 41.2 Å². The van der Waals surface area contributed by atoms with E-state index in [9.17, 15) is 13.2 Å². The molecule has 0 aliphatic carbocycles. The number of sulfonamides is 1. The third-order valence-corrected chi connectivity index (χ3v) is 8.69. The Kier molecular flexibility index (Phi) is 6.67. The quantitative estimate of drug-likeness (QED) is 0.594. The molecule has 1 aliphatic heterocycles. The van der Waals surface area contributed by atoms with Crippen LogP contribution >= 0.6 is 11.3 Å². The highest BCUT2D eigenvalue weighted by molar-refractivity contribution is 7.89. The molecule has 3 aromatic rings. The lowest BCUT2D eigenvalue weighted by atomic mass is 9.99. The summed E-state index contributed by atoms with van der Waals surface area (Å²) in [7, 11) is -1.67. The van der Waals surface area contributed by atoms with Crippen LogP contribution in [0.4, 0.5) is 5.13 Å². The first-order valence-electron chi connectivity index (χ1n) is 10.8. The van der Waals surface area contributed by atoms with Gasteiger partial charge in [-0.05, 0) is 68.8 Å². The number of aromatic nitrogens is 1. The van der Waals surface area contributed by atoms with Crippen LogP contribution in [-0.4, -0.2) is 61.7 Å². The maximum atomic E-state index is 13.0. The number of amides is 1. The summed E-state index contributed by atoms with van der Waals surface area (Å²) >= 11 is 1.34. The molecule has 1 amide bonds. The number of anilines is 1. The van der Waals surface area contributed by atoms with Crippen molar-refractivity contribution in [2.75, 3.05) is 38.5 Å². The lowest BCUT2D eigenvalue weighted by molar-refractivity contribution is 0.102. The number of hydrogen-bond acceptors (Lipinski definition) is 6. The lowest BCUT2D eigenvalue weighted by Crippen LogP contribution is -2.47. The SMILES string of the molecule is Cc1cc(C)c(-c2csc(NC(=O)c3cccc(S(=O)(=O)N4CCN(C)CC4)c3)n2)cc1C. The fourth-order valence-corrected chi connectivity index (χ4v) is 6.01. The van der Waals surface area contributed by atoms with E-state index in [0.29, 0.717) is 31.3 Å². The maximum absolute atomic E-state index is 13.0. The normalized spacial score (nSPS) is 15.5. The molecule has 2 heterocycles. The number of thiazole rings is 1. The molecule has 0 atom stereocenters. The Balaban J connectivity index is 1.52. The van der Waals surface area contributed by atoms with Gasteiger partial charge in [0, 0.05) is 42.7 Å². The lowest BCUT2D eigenvalue weighted by Gasteiger charge is -2.31. The first-order valence-corrected chi connectivity index (χ1v) is 13.1. The van der Waals surface area contributed by atoms with E-state index in [1.54, 1.807) is 12.1 Å². The van der Waals surface area contributed by atoms with E-state index >= 15 is 0 Å². The molecular weight excluding hydrogens is 456 g/mol. The first-order chi connectivity index (χ1) is 15.6. The van der Waals surface area contributed by atoms with Crippen LogP contribution in [0.1, 0.15) is 27.0 Å². The third kappa shape index (κ3) is 5.01. The molecule has 1 fully saturated rings. The molecule has 1 saturated heterocycles. The summed E-state index contributed by atoms with van der Waals surface area (Å²) in [5, 5.41) is 5.20. The van der Waals surface area contributed by atoms with E-state index in [4.69, 9.17) is 0 Å². The average Bonchev–Trinajstić information content (AvgIpc) is 3.24. The zero-order valence-corrected chi connectivity index (χ0v) is 20.9. The molecule has 7 nitrogen and oxygen atoms in total. The zero-order chi connectivity index (χ0) is 23.8. The van der Waals surface area contributed by atoms with E-state index in [0.717, 1.165) is 16.8 Å². The van der Waals surface area contributed by atoms with E-state index in [1.807, 2.05) is 19.4 Å². The average molecular weight is 485 g/mol. The predicted octanol–water partition coefficient (Wildman–Crippen LogP) is 3.92. The van der Waals surface area contributed by atoms with E-state index in [-0.39, 0.29) is 16.4 Å². The van der Waals surface area contributed by atoms with Gasteiger partial charge in [-0.2, -0.15) is 4.31 Å². The van der Waals surface area contributed by atoms with E-state index in [1.165, 1.54) is 38.9 Å². The number of piperazine rings is 1. The van der Waals surface area contributed by atoms with Crippen molar-refractivity contribution in [2.24, 2.45) is 0 Å². The molecule has 33 heavy (non-hydrogen) atoms. The number of nitrogens with zero attached hydrogens (tertiary/aromatic N) is 3. The van der Waals surface area contributed by atoms with Gasteiger partial charge >= 0.3 is 0 Å². The summed E-state index contributed by atoms with van der Waals surface area (Å²) in [5.41, 5.74) is 5.67. The second-order valence-electron chi connectivity index (χ2n) is 8.48. The highest BCUT2D eigenvalue weighted by atomic mass is 32.2. The Bertz CT molecular complexity index is 1290. The standard InChI is InChI=1S/C24H28N4O3S2/c1-16-12-18(3)21(13-17(16)2)22-15-32-24(25-22)26-23(29)19-6-5-7-20(14-19)33(30,31)28-10-8-27(4)9-11-28/h5-7,12-15H,8-11H2,1-4H3,(H,25,26,29). The summed E-state index contributed by atoms with van der Waals surface area (Å²) in [6.45, 7) is 8.45. The zero-order valence-electron chi connectivity index (χ0n) is 19.3. The Morgan fingerprint density at radius 3 is 2.42 bits per heavy atom. The smallest absolute Gasteiger partial charge is 0.257 e. The van der Waals surface area contributed by atoms with Crippen molar-refractivity contribution >= 4 is 32.4 Å². The molecule has 0 radical (unpaired) electrons. The van der Waals surface area contributed by atoms with Gasteiger partial charge in [0.25, 0.3) is 5.91 Å². The van der Waals surface area contributed by atoms with Gasteiger partial charge in [-0.25, -0.2) is 13.4 Å². The van der Waals surface area contributed by atoms with Crippen molar-refractivity contribution < 1.29 is 13.2 Å². The minimum atomic E-state index is -3.65. The molecule has 0 unspecified atom stereocenters. The number of aryl methyl sites for hydroxylation is 3. The maximum Gasteiger partial charge on any atom is 0.257 e. The van der Waals surface area contributed by atoms with Gasteiger partial charge in [0.15, 0.2) is 5.13 Å². The Labute approximate surface area is 199 Å². The fourth-order valence-electron chi connectivity index (χ4n) is 3.84. The second kappa shape index (κ2) is 9.34. The monoisotopic (exact) mass is 484 g/mol. The van der Waals surface area contributed by atoms with Gasteiger partial charge in [-0.3, -0.25) is 10.1 Å². The van der Waals surface area contributed by atoms with E-state index < -0.39 is 10.0 Å². The van der Waals surface area contributed by atoms with Gasteiger partial charge < -0.3 is 4.90 Å². The topological polar surface area (TPSA) is 82.6 Å². The minimum Gasteiger partial charge on any atom is -0.304 e. The van der Waals surface area contributed by atoms with Crippen molar-refractivity contribution in [1.82, 2.24) is 14.2 Å². The number of carbonyl (C=O) groups excluding carboxylic acids is 1. The van der Waals surface area contributed by atoms with Gasteiger partial charge in [0.2, 0.25) is 10.0 Å². The van der Waals surface area contributed by atoms with Crippen LogP contribution < -0.4 is 5.32 Å². The molecule has 9 heteroatoms. The molecule has 1 aliphatic rings. The van der Waals surface area contributed by atoms with Crippen molar-refractivity contribution in [3.05, 3.63) is 64.0 Å². The largest absolute Gasteiger partial charge is 0.304 e. The highest BCUT2D eigenvalue weighted by Crippen LogP contribution is 2.30. The van der Waals surface area contributed by atoms with Gasteiger partial charge in [0.1, 0.15) is 0 Å². The van der Waals surface area contributed by atoms with Crippen LogP contribution in [-0.2, 0) is 10.0 Å². The van der Waals surface area contributed by atoms with Crippen molar-refractivity contribution in [3.63, 3.8) is 0 Å². The van der Waals surface area contributed by atoms with Crippen LogP contribution in [0, 0.1) is 20.8 Å². The van der Waals surface area contributed by atoms with Crippen LogP contribution in [0.2, 0.25) is 0 Å². The molecule has 2 aromatic carbocycles. The third-order valence-electron chi connectivity index (χ3n) is 6.04. The van der Waals surface area contributed by atoms with Gasteiger partial charge in [-0.15, -0.1) is 11.3 Å². The summed E-state index contributed by atoms with van der Waals surface area (Å²) in [6.07, 6.45) is 0. The minimum absolute atomic E-state index is 0.130. The van der Waals surface area contributed by atoms with Gasteiger partial charge in [-0.1, -0.05) is 12.1 Å². The Hall–Kier alpha value is -2.59. The van der Waals surface area contributed by atoms with Gasteiger partial charge in [0.05, 0.1) is 10.6 Å². The molecule has 0 saturated carbocycles. The number of hydrogen-bond donors (Lipinski definition) is 1. The van der Waals surface area contributed by atoms with Crippen LogP contribution in [0.3, 0.4) is 0 Å². The summed E-state index contributed by atoms with van der Waals surface area (Å²) in [5.74, 6) is -0.386. The number of benzene rings is 2. The number of nitrogens with one attached hydrogen (secondary N) is 1. The van der Waals surface area contributed by atoms with Crippen molar-refractivity contribution in [1.29, 1.82) is 0 Å². The summed E-state index contributed by atoms with van der Waals surface area (Å²) in [6, 6.07) is 10.4. The Morgan fingerprint density at radius 2 is 1.70 bits per heavy atom. The summed E-state index contributed by atoms with van der Waals surface area (Å²) in [4.78, 5) is 19.7. The molecule has 174 valence electrons. The fraction of sp³-hybridized carbons (Fsp3) is 0.333. The first kappa shape index (κ1) is 23.6. The number of carbonyl (C=O) groups is 1. The van der Waals surface area contributed by atoms with Crippen molar-refractivity contribution in [2.45, 2.75) is 25.7 Å². The van der Waals surface area contributed by atoms with Crippen molar-refractivity contribution in [3.8, 4) is 11.3 Å². The molecular formula is C24H28N4O3S2.